The number of fused-ring (bicyclic) bond motifs is 1. The van der Waals surface area contributed by atoms with Crippen LogP contribution in [0.4, 0.5) is 0 Å². The average Bonchev–Trinajstić information content (AvgIpc) is 3.16. The Morgan fingerprint density at radius 1 is 0.952 bits per heavy atom. The summed E-state index contributed by atoms with van der Waals surface area (Å²) in [4.78, 5) is 4.84. The number of rotatable bonds is 8. The second kappa shape index (κ2) is 7.43. The maximum atomic E-state index is 3.55. The van der Waals surface area contributed by atoms with Gasteiger partial charge in [0.2, 0.25) is 0 Å². The normalized spacial score (nSPS) is 11.2. The summed E-state index contributed by atoms with van der Waals surface area (Å²) in [5.41, 5.74) is 2.68. The Morgan fingerprint density at radius 3 is 2.67 bits per heavy atom. The van der Waals surface area contributed by atoms with E-state index in [-0.39, 0.29) is 0 Å². The monoisotopic (exact) mass is 298 g/mol. The first-order chi connectivity index (χ1) is 10.4. The van der Waals surface area contributed by atoms with E-state index in [1.807, 2.05) is 11.3 Å². The Morgan fingerprint density at radius 2 is 1.81 bits per heavy atom. The van der Waals surface area contributed by atoms with Crippen molar-refractivity contribution in [2.75, 3.05) is 13.1 Å². The van der Waals surface area contributed by atoms with E-state index in [1.54, 1.807) is 0 Å². The second-order valence-electron chi connectivity index (χ2n) is 5.40. The topological polar surface area (TPSA) is 27.8 Å². The van der Waals surface area contributed by atoms with Gasteiger partial charge in [-0.1, -0.05) is 24.3 Å². The summed E-state index contributed by atoms with van der Waals surface area (Å²) in [5.74, 6) is 0. The maximum absolute atomic E-state index is 3.55. The van der Waals surface area contributed by atoms with Crippen LogP contribution in [0.15, 0.2) is 48.0 Å². The molecule has 0 saturated heterocycles. The van der Waals surface area contributed by atoms with Crippen LogP contribution in [0.3, 0.4) is 0 Å². The number of H-pyrrole nitrogens is 1. The van der Waals surface area contributed by atoms with Crippen molar-refractivity contribution in [1.82, 2.24) is 10.3 Å². The van der Waals surface area contributed by atoms with Gasteiger partial charge in [0.25, 0.3) is 0 Å². The molecule has 0 fully saturated rings. The summed E-state index contributed by atoms with van der Waals surface area (Å²) in [6.07, 6.45) is 6.92. The zero-order chi connectivity index (χ0) is 14.3. The summed E-state index contributed by atoms with van der Waals surface area (Å²) in [7, 11) is 0. The molecule has 0 aliphatic rings. The zero-order valence-electron chi connectivity index (χ0n) is 12.3. The summed E-state index contributed by atoms with van der Waals surface area (Å²) in [6, 6.07) is 12.9. The Kier molecular flexibility index (Phi) is 5.08. The molecule has 3 aromatic rings. The van der Waals surface area contributed by atoms with Gasteiger partial charge in [-0.3, -0.25) is 0 Å². The van der Waals surface area contributed by atoms with Gasteiger partial charge in [0.15, 0.2) is 0 Å². The van der Waals surface area contributed by atoms with Crippen LogP contribution < -0.4 is 5.32 Å². The smallest absolute Gasteiger partial charge is 0.0456 e. The fourth-order valence-corrected chi connectivity index (χ4v) is 3.46. The summed E-state index contributed by atoms with van der Waals surface area (Å²) >= 11 is 1.86. The molecule has 2 nitrogen and oxygen atoms in total. The lowest BCUT2D eigenvalue weighted by Crippen LogP contribution is -2.17. The van der Waals surface area contributed by atoms with Crippen LogP contribution in [0, 0.1) is 0 Å². The van der Waals surface area contributed by atoms with E-state index in [2.05, 4.69) is 58.3 Å². The van der Waals surface area contributed by atoms with Crippen molar-refractivity contribution < 1.29 is 0 Å². The molecule has 1 aromatic carbocycles. The predicted octanol–water partition coefficient (Wildman–Crippen LogP) is 4.38. The highest BCUT2D eigenvalue weighted by Crippen LogP contribution is 2.18. The van der Waals surface area contributed by atoms with Crippen molar-refractivity contribution in [1.29, 1.82) is 0 Å². The van der Waals surface area contributed by atoms with Gasteiger partial charge >= 0.3 is 0 Å². The molecule has 0 bridgehead atoms. The van der Waals surface area contributed by atoms with Crippen LogP contribution >= 0.6 is 11.3 Å². The van der Waals surface area contributed by atoms with Crippen molar-refractivity contribution in [2.24, 2.45) is 0 Å². The van der Waals surface area contributed by atoms with Gasteiger partial charge < -0.3 is 10.3 Å². The van der Waals surface area contributed by atoms with Crippen LogP contribution in [-0.2, 0) is 12.8 Å². The quantitative estimate of drug-likeness (QED) is 0.593. The van der Waals surface area contributed by atoms with Gasteiger partial charge in [0.05, 0.1) is 0 Å². The third-order valence-corrected chi connectivity index (χ3v) is 4.77. The highest BCUT2D eigenvalue weighted by molar-refractivity contribution is 7.09. The molecular weight excluding hydrogens is 276 g/mol. The SMILES string of the molecule is c1csc(CCCNCCCc2c[nH]c3ccccc23)c1. The van der Waals surface area contributed by atoms with Gasteiger partial charge in [-0.2, -0.15) is 0 Å². The van der Waals surface area contributed by atoms with E-state index >= 15 is 0 Å². The Labute approximate surface area is 130 Å². The molecule has 3 rings (SSSR count). The van der Waals surface area contributed by atoms with E-state index < -0.39 is 0 Å². The molecule has 2 heterocycles. The molecule has 110 valence electrons. The third-order valence-electron chi connectivity index (χ3n) is 3.83. The van der Waals surface area contributed by atoms with Crippen molar-refractivity contribution in [3.05, 3.63) is 58.4 Å². The number of aromatic amines is 1. The average molecular weight is 298 g/mol. The van der Waals surface area contributed by atoms with E-state index in [4.69, 9.17) is 0 Å². The number of nitrogens with one attached hydrogen (secondary N) is 2. The number of benzene rings is 1. The fraction of sp³-hybridized carbons (Fsp3) is 0.333. The van der Waals surface area contributed by atoms with Crippen LogP contribution in [0.2, 0.25) is 0 Å². The van der Waals surface area contributed by atoms with Gasteiger partial charge in [-0.05, 0) is 61.8 Å². The molecule has 0 aliphatic carbocycles. The molecule has 0 atom stereocenters. The summed E-state index contributed by atoms with van der Waals surface area (Å²) in [5, 5.41) is 7.08. The van der Waals surface area contributed by atoms with Crippen LogP contribution in [0.1, 0.15) is 23.3 Å². The Bertz CT molecular complexity index is 655. The highest BCUT2D eigenvalue weighted by Gasteiger charge is 2.02. The zero-order valence-corrected chi connectivity index (χ0v) is 13.1. The first-order valence-electron chi connectivity index (χ1n) is 7.71. The van der Waals surface area contributed by atoms with Crippen molar-refractivity contribution in [3.8, 4) is 0 Å². The molecule has 2 aromatic heterocycles. The summed E-state index contributed by atoms with van der Waals surface area (Å²) < 4.78 is 0. The van der Waals surface area contributed by atoms with E-state index in [9.17, 15) is 0 Å². The van der Waals surface area contributed by atoms with E-state index in [1.165, 1.54) is 40.6 Å². The number of hydrogen-bond donors (Lipinski definition) is 2. The number of thiophene rings is 1. The summed E-state index contributed by atoms with van der Waals surface area (Å²) in [6.45, 7) is 2.22. The molecule has 0 aliphatic heterocycles. The number of para-hydroxylation sites is 1. The lowest BCUT2D eigenvalue weighted by molar-refractivity contribution is 0.625. The minimum absolute atomic E-state index is 1.10. The van der Waals surface area contributed by atoms with E-state index in [0.29, 0.717) is 0 Å². The van der Waals surface area contributed by atoms with Crippen molar-refractivity contribution >= 4 is 22.2 Å². The van der Waals surface area contributed by atoms with Gasteiger partial charge in [-0.25, -0.2) is 0 Å². The highest BCUT2D eigenvalue weighted by atomic mass is 32.1. The maximum Gasteiger partial charge on any atom is 0.0456 e. The molecular formula is C18H22N2S. The van der Waals surface area contributed by atoms with Crippen molar-refractivity contribution in [2.45, 2.75) is 25.7 Å². The van der Waals surface area contributed by atoms with Gasteiger partial charge in [0, 0.05) is 22.0 Å². The standard InChI is InChI=1S/C18H22N2S/c1-2-10-18-17(9-1)15(14-20-18)6-3-11-19-12-4-7-16-8-5-13-21-16/h1-2,5,8-10,13-14,19-20H,3-4,6-7,11-12H2. The molecule has 0 unspecified atom stereocenters. The number of aromatic nitrogens is 1. The first-order valence-corrected chi connectivity index (χ1v) is 8.59. The molecule has 21 heavy (non-hydrogen) atoms. The molecule has 2 N–H and O–H groups in total. The predicted molar refractivity (Wildman–Crippen MR) is 92.1 cm³/mol. The second-order valence-corrected chi connectivity index (χ2v) is 6.43. The molecule has 0 radical (unpaired) electrons. The van der Waals surface area contributed by atoms with E-state index in [0.717, 1.165) is 19.5 Å². The fourth-order valence-electron chi connectivity index (χ4n) is 2.71. The molecule has 3 heteroatoms. The van der Waals surface area contributed by atoms with Gasteiger partial charge in [0.1, 0.15) is 0 Å². The number of aryl methyl sites for hydroxylation is 2. The molecule has 0 spiro atoms. The van der Waals surface area contributed by atoms with Crippen LogP contribution in [0.25, 0.3) is 10.9 Å². The molecule has 0 amide bonds. The third kappa shape index (κ3) is 3.96. The first kappa shape index (κ1) is 14.4. The largest absolute Gasteiger partial charge is 0.361 e. The van der Waals surface area contributed by atoms with Crippen LogP contribution in [0.5, 0.6) is 0 Å². The molecule has 0 saturated carbocycles. The van der Waals surface area contributed by atoms with Crippen molar-refractivity contribution in [3.63, 3.8) is 0 Å². The van der Waals surface area contributed by atoms with Gasteiger partial charge in [-0.15, -0.1) is 11.3 Å². The van der Waals surface area contributed by atoms with Crippen LogP contribution in [-0.4, -0.2) is 18.1 Å². The lowest BCUT2D eigenvalue weighted by atomic mass is 10.1. The minimum atomic E-state index is 1.10. The minimum Gasteiger partial charge on any atom is -0.361 e. The lowest BCUT2D eigenvalue weighted by Gasteiger charge is -2.04. The number of hydrogen-bond acceptors (Lipinski definition) is 2. The Hall–Kier alpha value is -1.58. The Balaban J connectivity index is 1.33.